The normalized spacial score (nSPS) is 12.7. The zero-order chi connectivity index (χ0) is 14.0. The summed E-state index contributed by atoms with van der Waals surface area (Å²) in [7, 11) is 0. The topological polar surface area (TPSA) is 43.8 Å². The molecule has 1 atom stereocenters. The second-order valence-corrected chi connectivity index (χ2v) is 7.18. The van der Waals surface area contributed by atoms with Crippen LogP contribution < -0.4 is 5.73 Å². The van der Waals surface area contributed by atoms with Crippen molar-refractivity contribution in [2.75, 3.05) is 0 Å². The zero-order valence-electron chi connectivity index (χ0n) is 10.4. The Balaban J connectivity index is 2.46. The Labute approximate surface area is 143 Å². The molecular formula is C13H14Br2IN3. The van der Waals surface area contributed by atoms with E-state index < -0.39 is 0 Å². The van der Waals surface area contributed by atoms with Crippen LogP contribution in [0.4, 0.5) is 0 Å². The van der Waals surface area contributed by atoms with Gasteiger partial charge >= 0.3 is 0 Å². The predicted molar refractivity (Wildman–Crippen MR) is 93.1 cm³/mol. The molecule has 2 aromatic rings. The van der Waals surface area contributed by atoms with Crippen LogP contribution in [0.1, 0.15) is 30.6 Å². The number of rotatable bonds is 4. The van der Waals surface area contributed by atoms with E-state index in [2.05, 4.69) is 78.6 Å². The van der Waals surface area contributed by atoms with Crippen LogP contribution >= 0.6 is 54.5 Å². The van der Waals surface area contributed by atoms with E-state index in [4.69, 9.17) is 5.73 Å². The van der Waals surface area contributed by atoms with Crippen LogP contribution in [0.25, 0.3) is 0 Å². The third-order valence-electron chi connectivity index (χ3n) is 2.86. The summed E-state index contributed by atoms with van der Waals surface area (Å²) < 4.78 is 5.14. The highest BCUT2D eigenvalue weighted by atomic mass is 127. The first-order chi connectivity index (χ1) is 9.04. The minimum Gasteiger partial charge on any atom is -0.319 e. The molecule has 0 aliphatic carbocycles. The monoisotopic (exact) mass is 497 g/mol. The first-order valence-corrected chi connectivity index (χ1v) is 8.62. The molecule has 0 fully saturated rings. The number of hydrogen-bond acceptors (Lipinski definition) is 2. The number of aromatic nitrogens is 2. The van der Waals surface area contributed by atoms with Gasteiger partial charge in [0.15, 0.2) is 0 Å². The molecule has 19 heavy (non-hydrogen) atoms. The van der Waals surface area contributed by atoms with Gasteiger partial charge in [-0.15, -0.1) is 0 Å². The van der Waals surface area contributed by atoms with Crippen molar-refractivity contribution in [3.8, 4) is 0 Å². The standard InChI is InChI=1S/C13H14Br2IN3/c1-2-5-19-13(10(15)7-18-19)12(17)9-6-8(14)3-4-11(9)16/h3-4,6-7,12H,2,5,17H2,1H3. The van der Waals surface area contributed by atoms with E-state index in [1.165, 1.54) is 0 Å². The molecular weight excluding hydrogens is 485 g/mol. The van der Waals surface area contributed by atoms with Gasteiger partial charge in [0.1, 0.15) is 0 Å². The van der Waals surface area contributed by atoms with Gasteiger partial charge in [-0.05, 0) is 68.7 Å². The molecule has 0 bridgehead atoms. The molecule has 102 valence electrons. The molecule has 2 rings (SSSR count). The maximum Gasteiger partial charge on any atom is 0.0745 e. The van der Waals surface area contributed by atoms with Gasteiger partial charge in [0.2, 0.25) is 0 Å². The predicted octanol–water partition coefficient (Wildman–Crippen LogP) is 4.47. The van der Waals surface area contributed by atoms with Gasteiger partial charge in [-0.1, -0.05) is 22.9 Å². The van der Waals surface area contributed by atoms with E-state index in [0.717, 1.165) is 36.7 Å². The van der Waals surface area contributed by atoms with Crippen molar-refractivity contribution >= 4 is 54.5 Å². The average Bonchev–Trinajstić information content (AvgIpc) is 2.73. The first kappa shape index (κ1) is 15.5. The van der Waals surface area contributed by atoms with Gasteiger partial charge in [-0.3, -0.25) is 4.68 Å². The maximum absolute atomic E-state index is 6.45. The molecule has 0 spiro atoms. The summed E-state index contributed by atoms with van der Waals surface area (Å²) in [5.41, 5.74) is 8.58. The molecule has 0 saturated carbocycles. The summed E-state index contributed by atoms with van der Waals surface area (Å²) in [6.45, 7) is 3.01. The Morgan fingerprint density at radius 1 is 1.42 bits per heavy atom. The van der Waals surface area contributed by atoms with E-state index >= 15 is 0 Å². The second kappa shape index (κ2) is 6.69. The lowest BCUT2D eigenvalue weighted by molar-refractivity contribution is 0.558. The van der Waals surface area contributed by atoms with Gasteiger partial charge in [0.25, 0.3) is 0 Å². The minimum atomic E-state index is -0.187. The van der Waals surface area contributed by atoms with Gasteiger partial charge in [0.05, 0.1) is 22.4 Å². The highest BCUT2D eigenvalue weighted by molar-refractivity contribution is 14.1. The van der Waals surface area contributed by atoms with Gasteiger partial charge in [-0.25, -0.2) is 0 Å². The lowest BCUT2D eigenvalue weighted by atomic mass is 10.0. The zero-order valence-corrected chi connectivity index (χ0v) is 15.7. The van der Waals surface area contributed by atoms with E-state index in [0.29, 0.717) is 0 Å². The molecule has 0 amide bonds. The van der Waals surface area contributed by atoms with E-state index in [9.17, 15) is 0 Å². The third-order valence-corrected chi connectivity index (χ3v) is 4.94. The van der Waals surface area contributed by atoms with Crippen LogP contribution in [0.5, 0.6) is 0 Å². The number of nitrogens with zero attached hydrogens (tertiary/aromatic N) is 2. The Bertz CT molecular complexity index is 583. The molecule has 6 heteroatoms. The largest absolute Gasteiger partial charge is 0.319 e. The summed E-state index contributed by atoms with van der Waals surface area (Å²) >= 11 is 9.37. The Kier molecular flexibility index (Phi) is 5.45. The quantitative estimate of drug-likeness (QED) is 0.632. The molecule has 0 aliphatic rings. The summed E-state index contributed by atoms with van der Waals surface area (Å²) in [5.74, 6) is 0. The number of benzene rings is 1. The second-order valence-electron chi connectivity index (χ2n) is 4.24. The molecule has 1 unspecified atom stereocenters. The van der Waals surface area contributed by atoms with E-state index in [1.54, 1.807) is 0 Å². The van der Waals surface area contributed by atoms with Gasteiger partial charge < -0.3 is 5.73 Å². The molecule has 2 N–H and O–H groups in total. The van der Waals surface area contributed by atoms with Crippen molar-refractivity contribution in [1.29, 1.82) is 0 Å². The highest BCUT2D eigenvalue weighted by Crippen LogP contribution is 2.31. The maximum atomic E-state index is 6.45. The number of nitrogens with two attached hydrogens (primary N) is 1. The highest BCUT2D eigenvalue weighted by Gasteiger charge is 2.20. The molecule has 0 aliphatic heterocycles. The van der Waals surface area contributed by atoms with E-state index in [1.807, 2.05) is 16.9 Å². The summed E-state index contributed by atoms with van der Waals surface area (Å²) in [4.78, 5) is 0. The van der Waals surface area contributed by atoms with Crippen molar-refractivity contribution in [3.63, 3.8) is 0 Å². The molecule has 1 aromatic heterocycles. The van der Waals surface area contributed by atoms with Crippen molar-refractivity contribution in [2.45, 2.75) is 25.9 Å². The van der Waals surface area contributed by atoms with Crippen molar-refractivity contribution < 1.29 is 0 Å². The number of hydrogen-bond donors (Lipinski definition) is 1. The van der Waals surface area contributed by atoms with Crippen LogP contribution in [0, 0.1) is 3.57 Å². The number of aryl methyl sites for hydroxylation is 1. The molecule has 3 nitrogen and oxygen atoms in total. The smallest absolute Gasteiger partial charge is 0.0745 e. The molecule has 1 heterocycles. The number of halogens is 3. The van der Waals surface area contributed by atoms with Crippen molar-refractivity contribution in [3.05, 3.63) is 48.2 Å². The van der Waals surface area contributed by atoms with Crippen molar-refractivity contribution in [2.24, 2.45) is 5.73 Å². The SMILES string of the molecule is CCCn1ncc(Br)c1C(N)c1cc(Br)ccc1I. The fraction of sp³-hybridized carbons (Fsp3) is 0.308. The molecule has 1 aromatic carbocycles. The minimum absolute atomic E-state index is 0.187. The third kappa shape index (κ3) is 3.40. The van der Waals surface area contributed by atoms with Crippen LogP contribution in [-0.4, -0.2) is 9.78 Å². The average molecular weight is 499 g/mol. The summed E-state index contributed by atoms with van der Waals surface area (Å²) in [6.07, 6.45) is 2.85. The van der Waals surface area contributed by atoms with Crippen LogP contribution in [0.2, 0.25) is 0 Å². The Morgan fingerprint density at radius 3 is 2.84 bits per heavy atom. The van der Waals surface area contributed by atoms with Crippen molar-refractivity contribution in [1.82, 2.24) is 9.78 Å². The Hall–Kier alpha value is 0.0800. The lowest BCUT2D eigenvalue weighted by Gasteiger charge is -2.17. The van der Waals surface area contributed by atoms with Gasteiger partial charge in [-0.2, -0.15) is 5.10 Å². The Morgan fingerprint density at radius 2 is 2.16 bits per heavy atom. The van der Waals surface area contributed by atoms with Crippen LogP contribution in [0.15, 0.2) is 33.3 Å². The first-order valence-electron chi connectivity index (χ1n) is 5.96. The van der Waals surface area contributed by atoms with Gasteiger partial charge in [0, 0.05) is 14.6 Å². The van der Waals surface area contributed by atoms with E-state index in [-0.39, 0.29) is 6.04 Å². The fourth-order valence-electron chi connectivity index (χ4n) is 1.97. The van der Waals surface area contributed by atoms with Crippen LogP contribution in [0.3, 0.4) is 0 Å². The summed E-state index contributed by atoms with van der Waals surface area (Å²) in [6, 6.07) is 5.97. The molecule has 0 saturated heterocycles. The van der Waals surface area contributed by atoms with Crippen LogP contribution in [-0.2, 0) is 6.54 Å². The lowest BCUT2D eigenvalue weighted by Crippen LogP contribution is -2.19. The fourth-order valence-corrected chi connectivity index (χ4v) is 3.56. The summed E-state index contributed by atoms with van der Waals surface area (Å²) in [5, 5.41) is 4.38. The molecule has 0 radical (unpaired) electrons.